The first-order chi connectivity index (χ1) is 5.37. The molecule has 0 bridgehead atoms. The second kappa shape index (κ2) is 4.49. The summed E-state index contributed by atoms with van der Waals surface area (Å²) in [6.45, 7) is 12.0. The highest BCUT2D eigenvalue weighted by Crippen LogP contribution is 2.03. The summed E-state index contributed by atoms with van der Waals surface area (Å²) in [5.41, 5.74) is 3.13. The lowest BCUT2D eigenvalue weighted by Crippen LogP contribution is -2.19. The van der Waals surface area contributed by atoms with E-state index in [0.29, 0.717) is 0 Å². The molecule has 0 amide bonds. The van der Waals surface area contributed by atoms with Crippen molar-refractivity contribution >= 4 is 8.07 Å². The third-order valence-corrected chi connectivity index (χ3v) is 2.36. The molecule has 1 N–H and O–H groups in total. The van der Waals surface area contributed by atoms with Crippen LogP contribution in [0.25, 0.3) is 0 Å². The van der Waals surface area contributed by atoms with E-state index < -0.39 is 14.2 Å². The average molecular weight is 182 g/mol. The van der Waals surface area contributed by atoms with Gasteiger partial charge in [0, 0.05) is 5.92 Å². The summed E-state index contributed by atoms with van der Waals surface area (Å²) in [6.07, 6.45) is 1.18. The van der Waals surface area contributed by atoms with Gasteiger partial charge in [-0.25, -0.2) is 0 Å². The van der Waals surface area contributed by atoms with E-state index in [1.165, 1.54) is 0 Å². The highest BCUT2D eigenvalue weighted by molar-refractivity contribution is 6.83. The van der Waals surface area contributed by atoms with Crippen molar-refractivity contribution in [2.24, 2.45) is 5.92 Å². The van der Waals surface area contributed by atoms with E-state index in [4.69, 9.17) is 0 Å². The fourth-order valence-corrected chi connectivity index (χ4v) is 1.13. The third kappa shape index (κ3) is 5.17. The zero-order chi connectivity index (χ0) is 9.78. The van der Waals surface area contributed by atoms with E-state index in [2.05, 4.69) is 37.7 Å². The SMILES string of the molecule is C=C[C@H](C)[C@H](O)C#C[Si](C)(C)C. The Morgan fingerprint density at radius 2 is 1.92 bits per heavy atom. The number of hydrogen-bond donors (Lipinski definition) is 1. The Morgan fingerprint density at radius 1 is 1.42 bits per heavy atom. The fraction of sp³-hybridized carbons (Fsp3) is 0.600. The molecule has 0 aliphatic heterocycles. The monoisotopic (exact) mass is 182 g/mol. The van der Waals surface area contributed by atoms with E-state index in [0.717, 1.165) is 0 Å². The first-order valence-corrected chi connectivity index (χ1v) is 7.70. The van der Waals surface area contributed by atoms with Crippen molar-refractivity contribution in [3.63, 3.8) is 0 Å². The van der Waals surface area contributed by atoms with Crippen LogP contribution >= 0.6 is 0 Å². The predicted octanol–water partition coefficient (Wildman–Crippen LogP) is 2.05. The Kier molecular flexibility index (Phi) is 4.29. The normalized spacial score (nSPS) is 15.8. The summed E-state index contributed by atoms with van der Waals surface area (Å²) in [6, 6.07) is 0. The van der Waals surface area contributed by atoms with Crippen molar-refractivity contribution in [2.75, 3.05) is 0 Å². The quantitative estimate of drug-likeness (QED) is 0.394. The van der Waals surface area contributed by atoms with Crippen LogP contribution in [0.2, 0.25) is 19.6 Å². The molecule has 0 saturated carbocycles. The molecule has 0 saturated heterocycles. The van der Waals surface area contributed by atoms with Gasteiger partial charge in [-0.1, -0.05) is 38.6 Å². The lowest BCUT2D eigenvalue weighted by atomic mass is 10.1. The van der Waals surface area contributed by atoms with Crippen LogP contribution in [0.4, 0.5) is 0 Å². The molecule has 0 unspecified atom stereocenters. The standard InChI is InChI=1S/C10H18OSi/c1-6-9(2)10(11)7-8-12(3,4)5/h6,9-11H,1H2,2-5H3/t9-,10+/m0/s1. The number of hydrogen-bond acceptors (Lipinski definition) is 1. The maximum absolute atomic E-state index is 9.46. The van der Waals surface area contributed by atoms with Crippen LogP contribution in [0.5, 0.6) is 0 Å². The zero-order valence-corrected chi connectivity index (χ0v) is 9.39. The topological polar surface area (TPSA) is 20.2 Å². The lowest BCUT2D eigenvalue weighted by molar-refractivity contribution is 0.195. The molecule has 12 heavy (non-hydrogen) atoms. The maximum atomic E-state index is 9.46. The van der Waals surface area contributed by atoms with Crippen molar-refractivity contribution in [3.05, 3.63) is 12.7 Å². The van der Waals surface area contributed by atoms with Gasteiger partial charge in [-0.3, -0.25) is 0 Å². The predicted molar refractivity (Wildman–Crippen MR) is 56.5 cm³/mol. The molecule has 0 spiro atoms. The summed E-state index contributed by atoms with van der Waals surface area (Å²) in [5, 5.41) is 9.46. The van der Waals surface area contributed by atoms with Crippen LogP contribution in [-0.4, -0.2) is 19.3 Å². The molecule has 68 valence electrons. The van der Waals surface area contributed by atoms with Crippen molar-refractivity contribution in [1.82, 2.24) is 0 Å². The van der Waals surface area contributed by atoms with Gasteiger partial charge in [0.1, 0.15) is 14.2 Å². The van der Waals surface area contributed by atoms with Gasteiger partial charge in [0.25, 0.3) is 0 Å². The summed E-state index contributed by atoms with van der Waals surface area (Å²) in [4.78, 5) is 0. The highest BCUT2D eigenvalue weighted by atomic mass is 28.3. The van der Waals surface area contributed by atoms with Crippen molar-refractivity contribution in [3.8, 4) is 11.5 Å². The first-order valence-electron chi connectivity index (χ1n) is 4.20. The van der Waals surface area contributed by atoms with Crippen molar-refractivity contribution in [2.45, 2.75) is 32.7 Å². The molecular formula is C10H18OSi. The Morgan fingerprint density at radius 3 is 2.25 bits per heavy atom. The molecule has 0 radical (unpaired) electrons. The largest absolute Gasteiger partial charge is 0.380 e. The summed E-state index contributed by atoms with van der Waals surface area (Å²) in [7, 11) is -1.33. The Hall–Kier alpha value is -0.523. The average Bonchev–Trinajstić information content (AvgIpc) is 1.97. The van der Waals surface area contributed by atoms with Gasteiger partial charge in [-0.15, -0.1) is 12.1 Å². The van der Waals surface area contributed by atoms with E-state index in [1.54, 1.807) is 6.08 Å². The molecular weight excluding hydrogens is 164 g/mol. The van der Waals surface area contributed by atoms with Crippen LogP contribution in [0.15, 0.2) is 12.7 Å². The first kappa shape index (κ1) is 11.5. The highest BCUT2D eigenvalue weighted by Gasteiger charge is 2.10. The zero-order valence-electron chi connectivity index (χ0n) is 8.39. The molecule has 2 heteroatoms. The summed E-state index contributed by atoms with van der Waals surface area (Å²) < 4.78 is 0. The minimum atomic E-state index is -1.33. The Balaban J connectivity index is 4.22. The van der Waals surface area contributed by atoms with Crippen LogP contribution < -0.4 is 0 Å². The second-order valence-electron chi connectivity index (χ2n) is 4.06. The molecule has 2 atom stereocenters. The van der Waals surface area contributed by atoms with E-state index in [-0.39, 0.29) is 5.92 Å². The van der Waals surface area contributed by atoms with E-state index >= 15 is 0 Å². The van der Waals surface area contributed by atoms with Crippen molar-refractivity contribution < 1.29 is 5.11 Å². The van der Waals surface area contributed by atoms with Crippen molar-refractivity contribution in [1.29, 1.82) is 0 Å². The van der Waals surface area contributed by atoms with Gasteiger partial charge in [-0.2, -0.15) is 0 Å². The smallest absolute Gasteiger partial charge is 0.129 e. The van der Waals surface area contributed by atoms with Crippen LogP contribution in [0, 0.1) is 17.4 Å². The van der Waals surface area contributed by atoms with E-state index in [1.807, 2.05) is 6.92 Å². The minimum absolute atomic E-state index is 0.0637. The Labute approximate surface area is 76.5 Å². The number of aliphatic hydroxyl groups excluding tert-OH is 1. The fourth-order valence-electron chi connectivity index (χ4n) is 0.551. The van der Waals surface area contributed by atoms with Gasteiger partial charge < -0.3 is 5.11 Å². The molecule has 0 rings (SSSR count). The molecule has 0 aliphatic rings. The Bertz CT molecular complexity index is 204. The molecule has 0 heterocycles. The van der Waals surface area contributed by atoms with E-state index in [9.17, 15) is 5.11 Å². The van der Waals surface area contributed by atoms with Gasteiger partial charge in [0.05, 0.1) is 0 Å². The molecule has 0 aromatic carbocycles. The van der Waals surface area contributed by atoms with Crippen LogP contribution in [-0.2, 0) is 0 Å². The molecule has 0 aromatic heterocycles. The summed E-state index contributed by atoms with van der Waals surface area (Å²) >= 11 is 0. The second-order valence-corrected chi connectivity index (χ2v) is 8.81. The van der Waals surface area contributed by atoms with Crippen LogP contribution in [0.1, 0.15) is 6.92 Å². The molecule has 0 fully saturated rings. The van der Waals surface area contributed by atoms with Gasteiger partial charge in [-0.05, 0) is 0 Å². The van der Waals surface area contributed by atoms with Gasteiger partial charge in [0.15, 0.2) is 0 Å². The van der Waals surface area contributed by atoms with Gasteiger partial charge in [0.2, 0.25) is 0 Å². The minimum Gasteiger partial charge on any atom is -0.380 e. The number of aliphatic hydroxyl groups is 1. The lowest BCUT2D eigenvalue weighted by Gasteiger charge is -2.09. The molecule has 0 aliphatic carbocycles. The third-order valence-electron chi connectivity index (χ3n) is 1.46. The van der Waals surface area contributed by atoms with Gasteiger partial charge >= 0.3 is 0 Å². The molecule has 0 aromatic rings. The number of rotatable bonds is 2. The summed E-state index contributed by atoms with van der Waals surface area (Å²) in [5.74, 6) is 2.93. The maximum Gasteiger partial charge on any atom is 0.129 e. The molecule has 1 nitrogen and oxygen atoms in total. The van der Waals surface area contributed by atoms with Crippen LogP contribution in [0.3, 0.4) is 0 Å².